The predicted molar refractivity (Wildman–Crippen MR) is 44.9 cm³/mol. The highest BCUT2D eigenvalue weighted by atomic mass is 19.4. The van der Waals surface area contributed by atoms with Crippen molar-refractivity contribution >= 4 is 5.97 Å². The largest absolute Gasteiger partial charge is 0.480 e. The van der Waals surface area contributed by atoms with Crippen molar-refractivity contribution < 1.29 is 23.1 Å². The van der Waals surface area contributed by atoms with Crippen LogP contribution in [-0.2, 0) is 4.79 Å². The van der Waals surface area contributed by atoms with Gasteiger partial charge < -0.3 is 5.11 Å². The zero-order valence-corrected chi connectivity index (χ0v) is 7.85. The second kappa shape index (κ2) is 4.45. The maximum absolute atomic E-state index is 12.3. The molecule has 3 nitrogen and oxygen atoms in total. The number of carboxylic acid groups (broad SMARTS) is 1. The Labute approximate surface area is 79.6 Å². The van der Waals surface area contributed by atoms with Gasteiger partial charge in [-0.2, -0.15) is 13.2 Å². The molecule has 0 aromatic carbocycles. The van der Waals surface area contributed by atoms with Crippen LogP contribution in [0.1, 0.15) is 13.8 Å². The van der Waals surface area contributed by atoms with Gasteiger partial charge in [0.05, 0.1) is 0 Å². The van der Waals surface area contributed by atoms with Gasteiger partial charge in [0.2, 0.25) is 5.54 Å². The summed E-state index contributed by atoms with van der Waals surface area (Å²) in [6.07, 6.45) is -1.88. The van der Waals surface area contributed by atoms with E-state index in [1.165, 1.54) is 12.2 Å². The summed E-state index contributed by atoms with van der Waals surface area (Å²) in [6, 6.07) is 0. The maximum atomic E-state index is 12.3. The minimum atomic E-state index is -4.82. The van der Waals surface area contributed by atoms with Gasteiger partial charge in [-0.1, -0.05) is 12.2 Å². The smallest absolute Gasteiger partial charge is 0.417 e. The zero-order chi connectivity index (χ0) is 11.4. The van der Waals surface area contributed by atoms with Crippen molar-refractivity contribution in [2.75, 3.05) is 6.54 Å². The number of hydrogen-bond acceptors (Lipinski definition) is 2. The highest BCUT2D eigenvalue weighted by Crippen LogP contribution is 2.30. The van der Waals surface area contributed by atoms with E-state index in [2.05, 4.69) is 0 Å². The second-order valence-electron chi connectivity index (χ2n) is 2.88. The quantitative estimate of drug-likeness (QED) is 0.694. The van der Waals surface area contributed by atoms with Crippen LogP contribution < -0.4 is 5.32 Å². The summed E-state index contributed by atoms with van der Waals surface area (Å²) >= 11 is 0. The first kappa shape index (κ1) is 13.0. The summed E-state index contributed by atoms with van der Waals surface area (Å²) in [6.45, 7) is 2.09. The van der Waals surface area contributed by atoms with Gasteiger partial charge >= 0.3 is 12.1 Å². The van der Waals surface area contributed by atoms with Crippen molar-refractivity contribution in [1.82, 2.24) is 5.32 Å². The molecule has 0 aromatic heterocycles. The monoisotopic (exact) mass is 211 g/mol. The number of allylic oxidation sites excluding steroid dienone is 1. The second-order valence-corrected chi connectivity index (χ2v) is 2.88. The van der Waals surface area contributed by atoms with Gasteiger partial charge in [-0.3, -0.25) is 5.32 Å². The van der Waals surface area contributed by atoms with Crippen molar-refractivity contribution in [3.63, 3.8) is 0 Å². The number of alkyl halides is 3. The van der Waals surface area contributed by atoms with Crippen molar-refractivity contribution in [2.45, 2.75) is 25.6 Å². The molecule has 0 saturated carbocycles. The number of hydrogen-bond donors (Lipinski definition) is 2. The average molecular weight is 211 g/mol. The number of aliphatic carboxylic acids is 1. The molecule has 0 amide bonds. The van der Waals surface area contributed by atoms with E-state index >= 15 is 0 Å². The number of nitrogens with one attached hydrogen (secondary N) is 1. The van der Waals surface area contributed by atoms with E-state index in [4.69, 9.17) is 5.11 Å². The van der Waals surface area contributed by atoms with Gasteiger partial charge in [0, 0.05) is 6.54 Å². The first-order valence-electron chi connectivity index (χ1n) is 3.92. The molecule has 0 aromatic rings. The van der Waals surface area contributed by atoms with Crippen molar-refractivity contribution in [3.05, 3.63) is 12.2 Å². The average Bonchev–Trinajstić information content (AvgIpc) is 2.02. The maximum Gasteiger partial charge on any atom is 0.417 e. The van der Waals surface area contributed by atoms with Crippen LogP contribution in [0, 0.1) is 0 Å². The fourth-order valence-electron chi connectivity index (χ4n) is 0.678. The molecule has 1 unspecified atom stereocenters. The minimum absolute atomic E-state index is 0.140. The number of rotatable bonds is 4. The SMILES string of the molecule is CC=CCNC(C)(C(=O)O)C(F)(F)F. The van der Waals surface area contributed by atoms with Crippen LogP contribution in [0.4, 0.5) is 13.2 Å². The lowest BCUT2D eigenvalue weighted by atomic mass is 10.0. The fraction of sp³-hybridized carbons (Fsp3) is 0.625. The number of halogens is 3. The van der Waals surface area contributed by atoms with Crippen LogP contribution in [0.2, 0.25) is 0 Å². The zero-order valence-electron chi connectivity index (χ0n) is 7.85. The lowest BCUT2D eigenvalue weighted by Gasteiger charge is -2.28. The highest BCUT2D eigenvalue weighted by molar-refractivity contribution is 5.79. The number of carboxylic acids is 1. The summed E-state index contributed by atoms with van der Waals surface area (Å²) in [5, 5.41) is 10.4. The third-order valence-corrected chi connectivity index (χ3v) is 1.80. The van der Waals surface area contributed by atoms with Crippen molar-refractivity contribution in [2.24, 2.45) is 0 Å². The first-order chi connectivity index (χ1) is 6.25. The molecular weight excluding hydrogens is 199 g/mol. The Bertz CT molecular complexity index is 237. The standard InChI is InChI=1S/C8H12F3NO2/c1-3-4-5-12-7(2,6(13)14)8(9,10)11/h3-4,12H,5H2,1-2H3,(H,13,14). The molecule has 0 aliphatic rings. The molecule has 82 valence electrons. The van der Waals surface area contributed by atoms with Crippen LogP contribution in [0.15, 0.2) is 12.2 Å². The molecule has 0 bridgehead atoms. The molecule has 0 saturated heterocycles. The van der Waals surface area contributed by atoms with Gasteiger partial charge in [0.1, 0.15) is 0 Å². The van der Waals surface area contributed by atoms with E-state index < -0.39 is 17.7 Å². The molecule has 2 N–H and O–H groups in total. The minimum Gasteiger partial charge on any atom is -0.480 e. The Kier molecular flexibility index (Phi) is 4.12. The van der Waals surface area contributed by atoms with Gasteiger partial charge in [-0.05, 0) is 13.8 Å². The van der Waals surface area contributed by atoms with Crippen LogP contribution in [0.5, 0.6) is 0 Å². The van der Waals surface area contributed by atoms with Crippen LogP contribution in [-0.4, -0.2) is 29.3 Å². The Morgan fingerprint density at radius 3 is 2.29 bits per heavy atom. The lowest BCUT2D eigenvalue weighted by Crippen LogP contribution is -2.60. The third kappa shape index (κ3) is 2.73. The van der Waals surface area contributed by atoms with Crippen molar-refractivity contribution in [1.29, 1.82) is 0 Å². The van der Waals surface area contributed by atoms with E-state index in [9.17, 15) is 18.0 Å². The van der Waals surface area contributed by atoms with Crippen LogP contribution in [0.25, 0.3) is 0 Å². The van der Waals surface area contributed by atoms with Gasteiger partial charge in [-0.25, -0.2) is 4.79 Å². The summed E-state index contributed by atoms with van der Waals surface area (Å²) in [5.41, 5.74) is -2.90. The molecule has 6 heteroatoms. The van der Waals surface area contributed by atoms with Crippen LogP contribution >= 0.6 is 0 Å². The molecule has 14 heavy (non-hydrogen) atoms. The molecule has 0 rings (SSSR count). The number of carbonyl (C=O) groups is 1. The molecule has 0 heterocycles. The Hall–Kier alpha value is -1.04. The molecule has 0 fully saturated rings. The van der Waals surface area contributed by atoms with Gasteiger partial charge in [0.15, 0.2) is 0 Å². The van der Waals surface area contributed by atoms with E-state index in [-0.39, 0.29) is 6.54 Å². The molecular formula is C8H12F3NO2. The van der Waals surface area contributed by atoms with Crippen molar-refractivity contribution in [3.8, 4) is 0 Å². The summed E-state index contributed by atoms with van der Waals surface area (Å²) in [7, 11) is 0. The highest BCUT2D eigenvalue weighted by Gasteiger charge is 2.56. The van der Waals surface area contributed by atoms with Crippen LogP contribution in [0.3, 0.4) is 0 Å². The molecule has 1 atom stereocenters. The third-order valence-electron chi connectivity index (χ3n) is 1.80. The first-order valence-corrected chi connectivity index (χ1v) is 3.92. The normalized spacial score (nSPS) is 16.9. The molecule has 0 aliphatic carbocycles. The van der Waals surface area contributed by atoms with Gasteiger partial charge in [0.25, 0.3) is 0 Å². The van der Waals surface area contributed by atoms with Gasteiger partial charge in [-0.15, -0.1) is 0 Å². The van der Waals surface area contributed by atoms with E-state index in [0.29, 0.717) is 6.92 Å². The fourth-order valence-corrected chi connectivity index (χ4v) is 0.678. The van der Waals surface area contributed by atoms with E-state index in [1.807, 2.05) is 5.32 Å². The molecule has 0 spiro atoms. The predicted octanol–water partition coefficient (Wildman–Crippen LogP) is 1.56. The lowest BCUT2D eigenvalue weighted by molar-refractivity contribution is -0.205. The molecule has 0 radical (unpaired) electrons. The summed E-state index contributed by atoms with van der Waals surface area (Å²) in [5.74, 6) is -1.94. The Morgan fingerprint density at radius 2 is 2.00 bits per heavy atom. The Morgan fingerprint density at radius 1 is 1.50 bits per heavy atom. The summed E-state index contributed by atoms with van der Waals surface area (Å²) in [4.78, 5) is 10.5. The molecule has 0 aliphatic heterocycles. The topological polar surface area (TPSA) is 49.3 Å². The summed E-state index contributed by atoms with van der Waals surface area (Å²) < 4.78 is 36.9. The Balaban J connectivity index is 4.66. The van der Waals surface area contributed by atoms with E-state index in [1.54, 1.807) is 6.92 Å². The van der Waals surface area contributed by atoms with E-state index in [0.717, 1.165) is 0 Å².